The van der Waals surface area contributed by atoms with Crippen LogP contribution in [-0.4, -0.2) is 6.04 Å². The highest BCUT2D eigenvalue weighted by Gasteiger charge is 2.39. The Balaban J connectivity index is 1.72. The molecular weight excluding hydrogens is 262 g/mol. The van der Waals surface area contributed by atoms with Gasteiger partial charge in [-0.2, -0.15) is 0 Å². The molecule has 0 saturated heterocycles. The Kier molecular flexibility index (Phi) is 2.70. The van der Waals surface area contributed by atoms with Gasteiger partial charge in [0.05, 0.1) is 0 Å². The molecule has 2 aliphatic rings. The van der Waals surface area contributed by atoms with Crippen LogP contribution in [0, 0.1) is 18.8 Å². The fourth-order valence-corrected chi connectivity index (χ4v) is 3.70. The number of benzene rings is 1. The highest BCUT2D eigenvalue weighted by Crippen LogP contribution is 2.45. The van der Waals surface area contributed by atoms with Crippen molar-refractivity contribution in [2.45, 2.75) is 38.6 Å². The molecule has 2 saturated carbocycles. The van der Waals surface area contributed by atoms with Crippen molar-refractivity contribution in [2.24, 2.45) is 11.8 Å². The van der Waals surface area contributed by atoms with E-state index in [0.717, 1.165) is 17.9 Å². The fourth-order valence-electron chi connectivity index (χ4n) is 3.32. The van der Waals surface area contributed by atoms with E-state index >= 15 is 0 Å². The smallest absolute Gasteiger partial charge is 0.0353 e. The SMILES string of the molecule is Cc1ccc(NC2CC3CCC2C3)cc1Br. The molecule has 3 atom stereocenters. The Bertz CT molecular complexity index is 402. The van der Waals surface area contributed by atoms with E-state index in [1.807, 2.05) is 0 Å². The minimum absolute atomic E-state index is 0.730. The summed E-state index contributed by atoms with van der Waals surface area (Å²) in [6, 6.07) is 7.32. The van der Waals surface area contributed by atoms with Gasteiger partial charge in [0.15, 0.2) is 0 Å². The van der Waals surface area contributed by atoms with Gasteiger partial charge in [-0.05, 0) is 55.7 Å². The van der Waals surface area contributed by atoms with Crippen molar-refractivity contribution in [3.05, 3.63) is 28.2 Å². The molecule has 16 heavy (non-hydrogen) atoms. The lowest BCUT2D eigenvalue weighted by atomic mass is 9.95. The molecule has 2 aliphatic carbocycles. The van der Waals surface area contributed by atoms with Crippen LogP contribution in [0.25, 0.3) is 0 Å². The van der Waals surface area contributed by atoms with Gasteiger partial charge in [-0.15, -0.1) is 0 Å². The number of anilines is 1. The molecule has 86 valence electrons. The van der Waals surface area contributed by atoms with E-state index in [-0.39, 0.29) is 0 Å². The lowest BCUT2D eigenvalue weighted by Gasteiger charge is -2.24. The van der Waals surface area contributed by atoms with Crippen LogP contribution >= 0.6 is 15.9 Å². The first-order chi connectivity index (χ1) is 7.72. The molecule has 2 fully saturated rings. The molecule has 0 spiro atoms. The first-order valence-electron chi connectivity index (χ1n) is 6.25. The predicted octanol–water partition coefficient (Wildman–Crippen LogP) is 4.36. The maximum absolute atomic E-state index is 3.71. The number of fused-ring (bicyclic) bond motifs is 2. The molecule has 3 rings (SSSR count). The maximum atomic E-state index is 3.71. The first-order valence-corrected chi connectivity index (χ1v) is 7.04. The van der Waals surface area contributed by atoms with Crippen molar-refractivity contribution in [2.75, 3.05) is 5.32 Å². The van der Waals surface area contributed by atoms with Crippen molar-refractivity contribution >= 4 is 21.6 Å². The molecule has 1 nitrogen and oxygen atoms in total. The summed E-state index contributed by atoms with van der Waals surface area (Å²) in [6.45, 7) is 2.13. The number of hydrogen-bond acceptors (Lipinski definition) is 1. The van der Waals surface area contributed by atoms with Crippen LogP contribution in [0.3, 0.4) is 0 Å². The Labute approximate surface area is 106 Å². The second-order valence-corrected chi connectivity index (χ2v) is 6.24. The standard InChI is InChI=1S/C14H18BrN/c1-9-2-5-12(8-13(9)15)16-14-7-10-3-4-11(14)6-10/h2,5,8,10-11,14,16H,3-4,6-7H2,1H3. The highest BCUT2D eigenvalue weighted by molar-refractivity contribution is 9.10. The number of hydrogen-bond donors (Lipinski definition) is 1. The van der Waals surface area contributed by atoms with Crippen LogP contribution in [0.4, 0.5) is 5.69 Å². The third-order valence-corrected chi connectivity index (χ3v) is 5.12. The van der Waals surface area contributed by atoms with Crippen LogP contribution in [0.2, 0.25) is 0 Å². The Hall–Kier alpha value is -0.500. The van der Waals surface area contributed by atoms with E-state index in [2.05, 4.69) is 46.4 Å². The summed E-state index contributed by atoms with van der Waals surface area (Å²) in [5.41, 5.74) is 2.58. The molecule has 2 heteroatoms. The summed E-state index contributed by atoms with van der Waals surface area (Å²) in [5.74, 6) is 1.95. The van der Waals surface area contributed by atoms with E-state index in [0.29, 0.717) is 0 Å². The van der Waals surface area contributed by atoms with Crippen LogP contribution in [0.15, 0.2) is 22.7 Å². The Morgan fingerprint density at radius 3 is 2.75 bits per heavy atom. The third-order valence-electron chi connectivity index (χ3n) is 4.26. The quantitative estimate of drug-likeness (QED) is 0.848. The summed E-state index contributed by atoms with van der Waals surface area (Å²) in [6.07, 6.45) is 5.76. The van der Waals surface area contributed by atoms with Gasteiger partial charge in [-0.25, -0.2) is 0 Å². The van der Waals surface area contributed by atoms with E-state index in [4.69, 9.17) is 0 Å². The monoisotopic (exact) mass is 279 g/mol. The zero-order valence-electron chi connectivity index (χ0n) is 9.67. The molecule has 0 aromatic heterocycles. The average molecular weight is 280 g/mol. The number of aryl methyl sites for hydroxylation is 1. The van der Waals surface area contributed by atoms with E-state index in [9.17, 15) is 0 Å². The van der Waals surface area contributed by atoms with Crippen LogP contribution in [0.5, 0.6) is 0 Å². The minimum atomic E-state index is 0.730. The molecule has 0 aliphatic heterocycles. The van der Waals surface area contributed by atoms with Gasteiger partial charge in [0.2, 0.25) is 0 Å². The van der Waals surface area contributed by atoms with Crippen LogP contribution < -0.4 is 5.32 Å². The van der Waals surface area contributed by atoms with Gasteiger partial charge in [-0.3, -0.25) is 0 Å². The van der Waals surface area contributed by atoms with E-state index in [1.54, 1.807) is 0 Å². The summed E-state index contributed by atoms with van der Waals surface area (Å²) in [4.78, 5) is 0. The Morgan fingerprint density at radius 2 is 2.12 bits per heavy atom. The third kappa shape index (κ3) is 1.88. The zero-order valence-corrected chi connectivity index (χ0v) is 11.3. The molecule has 0 radical (unpaired) electrons. The molecule has 1 N–H and O–H groups in total. The number of halogens is 1. The summed E-state index contributed by atoms with van der Waals surface area (Å²) >= 11 is 3.60. The van der Waals surface area contributed by atoms with Crippen molar-refractivity contribution in [3.8, 4) is 0 Å². The molecule has 1 aromatic rings. The second-order valence-electron chi connectivity index (χ2n) is 5.39. The summed E-state index contributed by atoms with van der Waals surface area (Å²) in [7, 11) is 0. The molecule has 3 unspecified atom stereocenters. The first kappa shape index (κ1) is 10.6. The summed E-state index contributed by atoms with van der Waals surface area (Å²) < 4.78 is 1.21. The van der Waals surface area contributed by atoms with Crippen LogP contribution in [-0.2, 0) is 0 Å². The second kappa shape index (κ2) is 4.06. The van der Waals surface area contributed by atoms with Gasteiger partial charge in [-0.1, -0.05) is 28.4 Å². The molecule has 2 bridgehead atoms. The van der Waals surface area contributed by atoms with Crippen LogP contribution in [0.1, 0.15) is 31.2 Å². The Morgan fingerprint density at radius 1 is 1.25 bits per heavy atom. The number of nitrogens with one attached hydrogen (secondary N) is 1. The molecule has 0 amide bonds. The highest BCUT2D eigenvalue weighted by atomic mass is 79.9. The molecule has 0 heterocycles. The lowest BCUT2D eigenvalue weighted by Crippen LogP contribution is -2.25. The average Bonchev–Trinajstić information content (AvgIpc) is 2.85. The van der Waals surface area contributed by atoms with Crippen molar-refractivity contribution in [3.63, 3.8) is 0 Å². The maximum Gasteiger partial charge on any atom is 0.0353 e. The summed E-state index contributed by atoms with van der Waals surface area (Å²) in [5, 5.41) is 3.71. The topological polar surface area (TPSA) is 12.0 Å². The molecular formula is C14H18BrN. The van der Waals surface area contributed by atoms with Crippen molar-refractivity contribution in [1.82, 2.24) is 0 Å². The largest absolute Gasteiger partial charge is 0.382 e. The van der Waals surface area contributed by atoms with Gasteiger partial charge in [0, 0.05) is 16.2 Å². The van der Waals surface area contributed by atoms with E-state index in [1.165, 1.54) is 41.4 Å². The fraction of sp³-hybridized carbons (Fsp3) is 0.571. The lowest BCUT2D eigenvalue weighted by molar-refractivity contribution is 0.440. The van der Waals surface area contributed by atoms with Gasteiger partial charge >= 0.3 is 0 Å². The zero-order chi connectivity index (χ0) is 11.1. The normalized spacial score (nSPS) is 32.0. The van der Waals surface area contributed by atoms with Gasteiger partial charge in [0.1, 0.15) is 0 Å². The van der Waals surface area contributed by atoms with Gasteiger partial charge in [0.25, 0.3) is 0 Å². The van der Waals surface area contributed by atoms with Crippen molar-refractivity contribution < 1.29 is 0 Å². The van der Waals surface area contributed by atoms with Gasteiger partial charge < -0.3 is 5.32 Å². The molecule has 1 aromatic carbocycles. The number of rotatable bonds is 2. The predicted molar refractivity (Wildman–Crippen MR) is 71.7 cm³/mol. The minimum Gasteiger partial charge on any atom is -0.382 e. The van der Waals surface area contributed by atoms with E-state index < -0.39 is 0 Å². The van der Waals surface area contributed by atoms with Crippen molar-refractivity contribution in [1.29, 1.82) is 0 Å².